The first-order valence-corrected chi connectivity index (χ1v) is 6.73. The molecule has 0 aromatic heterocycles. The summed E-state index contributed by atoms with van der Waals surface area (Å²) in [6.45, 7) is 6.31. The van der Waals surface area contributed by atoms with Crippen molar-refractivity contribution in [3.8, 4) is 0 Å². The number of esters is 1. The number of rotatable bonds is 5. The number of ether oxygens (including phenoxy) is 1. The maximum Gasteiger partial charge on any atom is 0.310 e. The molecular weight excluding hydrogens is 262 g/mol. The molecule has 0 bridgehead atoms. The van der Waals surface area contributed by atoms with E-state index in [9.17, 15) is 14.4 Å². The average Bonchev–Trinajstić information content (AvgIpc) is 2.68. The van der Waals surface area contributed by atoms with Crippen LogP contribution >= 0.6 is 0 Å². The summed E-state index contributed by atoms with van der Waals surface area (Å²) in [5.74, 6) is -1.53. The molecule has 0 aromatic carbocycles. The Morgan fingerprint density at radius 2 is 1.85 bits per heavy atom. The van der Waals surface area contributed by atoms with E-state index in [4.69, 9.17) is 9.84 Å². The molecule has 1 saturated heterocycles. The summed E-state index contributed by atoms with van der Waals surface area (Å²) >= 11 is 0. The van der Waals surface area contributed by atoms with E-state index in [-0.39, 0.29) is 36.6 Å². The highest BCUT2D eigenvalue weighted by atomic mass is 16.5. The molecule has 1 N–H and O–H groups in total. The van der Waals surface area contributed by atoms with Crippen molar-refractivity contribution < 1.29 is 24.2 Å². The zero-order chi connectivity index (χ0) is 15.5. The van der Waals surface area contributed by atoms with Gasteiger partial charge in [-0.2, -0.15) is 0 Å². The number of amides is 1. The summed E-state index contributed by atoms with van der Waals surface area (Å²) < 4.78 is 4.73. The molecule has 0 radical (unpaired) electrons. The molecule has 1 heterocycles. The van der Waals surface area contributed by atoms with Gasteiger partial charge in [0.2, 0.25) is 5.91 Å². The Morgan fingerprint density at radius 3 is 2.35 bits per heavy atom. The summed E-state index contributed by atoms with van der Waals surface area (Å²) in [6, 6.07) is 0. The van der Waals surface area contributed by atoms with Gasteiger partial charge in [0, 0.05) is 19.5 Å². The topological polar surface area (TPSA) is 83.9 Å². The Morgan fingerprint density at radius 1 is 1.25 bits per heavy atom. The van der Waals surface area contributed by atoms with Gasteiger partial charge in [-0.1, -0.05) is 20.8 Å². The highest BCUT2D eigenvalue weighted by molar-refractivity contribution is 5.80. The fourth-order valence-corrected chi connectivity index (χ4v) is 2.62. The lowest BCUT2D eigenvalue weighted by Crippen LogP contribution is -2.34. The van der Waals surface area contributed by atoms with E-state index in [1.165, 1.54) is 7.11 Å². The van der Waals surface area contributed by atoms with Gasteiger partial charge in [-0.05, 0) is 11.3 Å². The normalized spacial score (nSPS) is 22.7. The molecule has 0 saturated carbocycles. The molecule has 6 heteroatoms. The molecule has 1 aliphatic heterocycles. The number of hydrogen-bond donors (Lipinski definition) is 1. The van der Waals surface area contributed by atoms with Gasteiger partial charge in [-0.3, -0.25) is 14.4 Å². The summed E-state index contributed by atoms with van der Waals surface area (Å²) in [6.07, 6.45) is 0.114. The van der Waals surface area contributed by atoms with Crippen LogP contribution in [0.5, 0.6) is 0 Å². The van der Waals surface area contributed by atoms with Crippen molar-refractivity contribution in [2.24, 2.45) is 17.3 Å². The minimum atomic E-state index is -0.912. The third-order valence-corrected chi connectivity index (χ3v) is 3.73. The summed E-state index contributed by atoms with van der Waals surface area (Å²) in [4.78, 5) is 36.2. The second kappa shape index (κ2) is 6.24. The van der Waals surface area contributed by atoms with Crippen LogP contribution in [0.2, 0.25) is 0 Å². The summed E-state index contributed by atoms with van der Waals surface area (Å²) in [7, 11) is 1.34. The van der Waals surface area contributed by atoms with E-state index in [0.717, 1.165) is 0 Å². The molecule has 1 fully saturated rings. The quantitative estimate of drug-likeness (QED) is 0.766. The van der Waals surface area contributed by atoms with Crippen LogP contribution in [-0.4, -0.2) is 48.1 Å². The number of likely N-dealkylation sites (tertiary alicyclic amines) is 1. The number of carboxylic acid groups (broad SMARTS) is 1. The first kappa shape index (κ1) is 16.5. The van der Waals surface area contributed by atoms with Crippen molar-refractivity contribution >= 4 is 17.8 Å². The van der Waals surface area contributed by atoms with Crippen LogP contribution in [0.4, 0.5) is 0 Å². The third kappa shape index (κ3) is 4.21. The van der Waals surface area contributed by atoms with Crippen LogP contribution in [0.15, 0.2) is 0 Å². The Labute approximate surface area is 119 Å². The fraction of sp³-hybridized carbons (Fsp3) is 0.786. The smallest absolute Gasteiger partial charge is 0.310 e. The summed E-state index contributed by atoms with van der Waals surface area (Å²) in [5, 5.41) is 8.83. The lowest BCUT2D eigenvalue weighted by Gasteiger charge is -2.25. The van der Waals surface area contributed by atoms with Gasteiger partial charge in [-0.25, -0.2) is 0 Å². The number of carbonyl (C=O) groups is 3. The van der Waals surface area contributed by atoms with Gasteiger partial charge in [-0.15, -0.1) is 0 Å². The van der Waals surface area contributed by atoms with E-state index in [1.54, 1.807) is 18.7 Å². The largest absolute Gasteiger partial charge is 0.481 e. The van der Waals surface area contributed by atoms with E-state index in [0.29, 0.717) is 13.1 Å². The lowest BCUT2D eigenvalue weighted by molar-refractivity contribution is -0.146. The monoisotopic (exact) mass is 285 g/mol. The van der Waals surface area contributed by atoms with Crippen LogP contribution in [0.3, 0.4) is 0 Å². The molecular formula is C14H23NO5. The molecule has 1 amide bonds. The molecule has 1 rings (SSSR count). The zero-order valence-electron chi connectivity index (χ0n) is 12.5. The predicted octanol–water partition coefficient (Wildman–Crippen LogP) is 1.14. The molecule has 20 heavy (non-hydrogen) atoms. The highest BCUT2D eigenvalue weighted by Crippen LogP contribution is 2.29. The molecule has 114 valence electrons. The van der Waals surface area contributed by atoms with Crippen LogP contribution in [0.1, 0.15) is 33.6 Å². The minimum absolute atomic E-state index is 0.0530. The highest BCUT2D eigenvalue weighted by Gasteiger charge is 2.39. The van der Waals surface area contributed by atoms with Crippen molar-refractivity contribution in [3.05, 3.63) is 0 Å². The number of carboxylic acids is 1. The SMILES string of the molecule is COC(=O)C1CN(C(=O)CC(C)(C)CC(=O)O)CC1C. The number of aliphatic carboxylic acids is 1. The van der Waals surface area contributed by atoms with Crippen LogP contribution in [0.25, 0.3) is 0 Å². The van der Waals surface area contributed by atoms with Crippen molar-refractivity contribution in [1.82, 2.24) is 4.90 Å². The van der Waals surface area contributed by atoms with Crippen LogP contribution in [0, 0.1) is 17.3 Å². The maximum atomic E-state index is 12.2. The van der Waals surface area contributed by atoms with Gasteiger partial charge in [0.15, 0.2) is 0 Å². The van der Waals surface area contributed by atoms with Gasteiger partial charge < -0.3 is 14.7 Å². The lowest BCUT2D eigenvalue weighted by atomic mass is 9.85. The Kier molecular flexibility index (Phi) is 5.14. The zero-order valence-corrected chi connectivity index (χ0v) is 12.5. The number of methoxy groups -OCH3 is 1. The number of nitrogens with zero attached hydrogens (tertiary/aromatic N) is 1. The second-order valence-electron chi connectivity index (χ2n) is 6.32. The van der Waals surface area contributed by atoms with Crippen molar-refractivity contribution in [3.63, 3.8) is 0 Å². The molecule has 2 unspecified atom stereocenters. The standard InChI is InChI=1S/C14H23NO5/c1-9-7-15(8-10(9)13(19)20-4)11(16)5-14(2,3)6-12(17)18/h9-10H,5-8H2,1-4H3,(H,17,18). The van der Waals surface area contributed by atoms with Gasteiger partial charge >= 0.3 is 11.9 Å². The van der Waals surface area contributed by atoms with E-state index in [2.05, 4.69) is 0 Å². The Hall–Kier alpha value is -1.59. The average molecular weight is 285 g/mol. The van der Waals surface area contributed by atoms with Gasteiger partial charge in [0.25, 0.3) is 0 Å². The molecule has 0 aliphatic carbocycles. The van der Waals surface area contributed by atoms with Crippen LogP contribution in [-0.2, 0) is 19.1 Å². The molecule has 6 nitrogen and oxygen atoms in total. The van der Waals surface area contributed by atoms with E-state index < -0.39 is 11.4 Å². The van der Waals surface area contributed by atoms with Gasteiger partial charge in [0.05, 0.1) is 19.4 Å². The fourth-order valence-electron chi connectivity index (χ4n) is 2.62. The second-order valence-corrected chi connectivity index (χ2v) is 6.32. The molecule has 1 aliphatic rings. The number of carbonyl (C=O) groups excluding carboxylic acids is 2. The molecule has 0 aromatic rings. The Balaban J connectivity index is 2.62. The first-order valence-electron chi connectivity index (χ1n) is 6.73. The molecule has 2 atom stereocenters. The van der Waals surface area contributed by atoms with Crippen molar-refractivity contribution in [2.45, 2.75) is 33.6 Å². The number of hydrogen-bond acceptors (Lipinski definition) is 4. The first-order chi connectivity index (χ1) is 9.16. The van der Waals surface area contributed by atoms with Crippen LogP contribution < -0.4 is 0 Å². The maximum absolute atomic E-state index is 12.2. The van der Waals surface area contributed by atoms with Crippen molar-refractivity contribution in [2.75, 3.05) is 20.2 Å². The van der Waals surface area contributed by atoms with E-state index >= 15 is 0 Å². The Bertz CT molecular complexity index is 404. The van der Waals surface area contributed by atoms with Gasteiger partial charge in [0.1, 0.15) is 0 Å². The van der Waals surface area contributed by atoms with E-state index in [1.807, 2.05) is 6.92 Å². The molecule has 0 spiro atoms. The predicted molar refractivity (Wildman–Crippen MR) is 71.9 cm³/mol. The summed E-state index contributed by atoms with van der Waals surface area (Å²) in [5.41, 5.74) is -0.588. The third-order valence-electron chi connectivity index (χ3n) is 3.73. The van der Waals surface area contributed by atoms with Crippen molar-refractivity contribution in [1.29, 1.82) is 0 Å². The minimum Gasteiger partial charge on any atom is -0.481 e.